The molecule has 0 spiro atoms. The minimum atomic E-state index is -4.13. The van der Waals surface area contributed by atoms with E-state index in [1.54, 1.807) is 0 Å². The van der Waals surface area contributed by atoms with Gasteiger partial charge in [-0.05, 0) is 71.3 Å². The predicted octanol–water partition coefficient (Wildman–Crippen LogP) is 3.50. The Hall–Kier alpha value is -1.62. The number of carbonyl (C=O) groups excluding carboxylic acids is 2. The summed E-state index contributed by atoms with van der Waals surface area (Å²) in [5.41, 5.74) is 1.30. The molecule has 0 saturated heterocycles. The van der Waals surface area contributed by atoms with E-state index in [-0.39, 0.29) is 81.2 Å². The van der Waals surface area contributed by atoms with E-state index in [0.29, 0.717) is 25.7 Å². The molecular weight excluding hydrogens is 528 g/mol. The van der Waals surface area contributed by atoms with Crippen molar-refractivity contribution in [3.05, 3.63) is 35.4 Å². The minimum absolute atomic E-state index is 0.116. The topological polar surface area (TPSA) is 143 Å². The van der Waals surface area contributed by atoms with Gasteiger partial charge in [0.15, 0.2) is 0 Å². The Balaban J connectivity index is 1.31. The van der Waals surface area contributed by atoms with Crippen molar-refractivity contribution in [2.45, 2.75) is 53.4 Å². The molecule has 0 heterocycles. The van der Waals surface area contributed by atoms with Gasteiger partial charge in [-0.3, -0.25) is 18.7 Å². The van der Waals surface area contributed by atoms with Gasteiger partial charge in [-0.15, -0.1) is 0 Å². The fourth-order valence-corrected chi connectivity index (χ4v) is 11.1. The van der Waals surface area contributed by atoms with Gasteiger partial charge in [-0.2, -0.15) is 16.8 Å². The van der Waals surface area contributed by atoms with Gasteiger partial charge in [0, 0.05) is 23.7 Å². The molecule has 8 nitrogen and oxygen atoms in total. The first-order chi connectivity index (χ1) is 17.4. The molecule has 1 aromatic carbocycles. The van der Waals surface area contributed by atoms with Crippen LogP contribution in [-0.4, -0.2) is 49.0 Å². The molecule has 4 aliphatic rings. The van der Waals surface area contributed by atoms with E-state index in [2.05, 4.69) is 0 Å². The quantitative estimate of drug-likeness (QED) is 0.455. The van der Waals surface area contributed by atoms with Crippen LogP contribution in [0.3, 0.4) is 0 Å². The maximum absolute atomic E-state index is 13.2. The largest absolute Gasteiger partial charge is 0.299 e. The van der Waals surface area contributed by atoms with Crippen molar-refractivity contribution in [1.29, 1.82) is 0 Å². The van der Waals surface area contributed by atoms with Gasteiger partial charge in [-0.1, -0.05) is 52.0 Å². The van der Waals surface area contributed by atoms with Crippen LogP contribution in [0.4, 0.5) is 0 Å². The Labute approximate surface area is 225 Å². The average Bonchev–Trinajstić information content (AvgIpc) is 3.28. The summed E-state index contributed by atoms with van der Waals surface area (Å²) >= 11 is 0. The Morgan fingerprint density at radius 2 is 1.00 bits per heavy atom. The zero-order valence-electron chi connectivity index (χ0n) is 22.3. The van der Waals surface area contributed by atoms with Crippen molar-refractivity contribution in [1.82, 2.24) is 0 Å². The second kappa shape index (κ2) is 8.94. The molecule has 4 fully saturated rings. The van der Waals surface area contributed by atoms with Crippen molar-refractivity contribution in [3.8, 4) is 0 Å². The molecule has 5 rings (SSSR count). The molecule has 38 heavy (non-hydrogen) atoms. The van der Waals surface area contributed by atoms with Crippen LogP contribution in [0.25, 0.3) is 0 Å². The van der Waals surface area contributed by atoms with Crippen LogP contribution >= 0.6 is 0 Å². The Bertz CT molecular complexity index is 1250. The summed E-state index contributed by atoms with van der Waals surface area (Å²) in [6.45, 7) is 8.10. The molecule has 4 bridgehead atoms. The fourth-order valence-electron chi connectivity index (χ4n) is 9.38. The number of carbonyl (C=O) groups is 2. The maximum Gasteiger partial charge on any atom is 0.265 e. The zero-order valence-corrected chi connectivity index (χ0v) is 24.0. The Morgan fingerprint density at radius 1 is 0.684 bits per heavy atom. The lowest BCUT2D eigenvalue weighted by Gasteiger charge is -2.31. The molecule has 0 amide bonds. The number of ketones is 2. The van der Waals surface area contributed by atoms with E-state index in [9.17, 15) is 35.5 Å². The monoisotopic (exact) mass is 566 g/mol. The average molecular weight is 567 g/mol. The fraction of sp³-hybridized carbons (Fsp3) is 0.714. The molecule has 2 N–H and O–H groups in total. The summed E-state index contributed by atoms with van der Waals surface area (Å²) in [5.74, 6) is -1.98. The maximum atomic E-state index is 13.2. The zero-order chi connectivity index (χ0) is 28.0. The van der Waals surface area contributed by atoms with Crippen molar-refractivity contribution in [2.24, 2.45) is 58.2 Å². The Morgan fingerprint density at radius 3 is 1.26 bits per heavy atom. The first kappa shape index (κ1) is 27.9. The molecule has 210 valence electrons. The SMILES string of the molecule is CC1(C)C2CC(CS(=O)(=O)O)C1C(Cc1ccc(CC3C(=O)C4CC(CS(=O)(=O)O)C3C4(C)C)cc1)C2=O. The highest BCUT2D eigenvalue weighted by Crippen LogP contribution is 2.63. The highest BCUT2D eigenvalue weighted by atomic mass is 32.2. The number of fused-ring (bicyclic) bond motifs is 4. The summed E-state index contributed by atoms with van der Waals surface area (Å²) in [4.78, 5) is 26.4. The highest BCUT2D eigenvalue weighted by Gasteiger charge is 2.64. The predicted molar refractivity (Wildman–Crippen MR) is 141 cm³/mol. The molecule has 0 aromatic heterocycles. The number of rotatable bonds is 8. The van der Waals surface area contributed by atoms with Gasteiger partial charge in [0.1, 0.15) is 11.6 Å². The number of benzene rings is 1. The van der Waals surface area contributed by atoms with Crippen LogP contribution in [0.15, 0.2) is 24.3 Å². The van der Waals surface area contributed by atoms with Crippen LogP contribution in [-0.2, 0) is 42.7 Å². The van der Waals surface area contributed by atoms with Gasteiger partial charge < -0.3 is 0 Å². The third-order valence-electron chi connectivity index (χ3n) is 10.7. The molecule has 8 unspecified atom stereocenters. The highest BCUT2D eigenvalue weighted by molar-refractivity contribution is 7.86. The van der Waals surface area contributed by atoms with Crippen molar-refractivity contribution in [2.75, 3.05) is 11.5 Å². The second-order valence-corrected chi connectivity index (χ2v) is 16.5. The Kier molecular flexibility index (Phi) is 6.57. The van der Waals surface area contributed by atoms with Crippen molar-refractivity contribution in [3.63, 3.8) is 0 Å². The minimum Gasteiger partial charge on any atom is -0.299 e. The first-order valence-corrected chi connectivity index (χ1v) is 16.7. The van der Waals surface area contributed by atoms with Crippen LogP contribution in [0.1, 0.15) is 51.7 Å². The van der Waals surface area contributed by atoms with Crippen LogP contribution in [0.5, 0.6) is 0 Å². The molecular formula is C28H38O8S2. The van der Waals surface area contributed by atoms with Crippen LogP contribution < -0.4 is 0 Å². The lowest BCUT2D eigenvalue weighted by molar-refractivity contribution is -0.127. The first-order valence-electron chi connectivity index (χ1n) is 13.5. The number of Topliss-reactive ketones (excluding diaryl/α,β-unsaturated/α-hetero) is 2. The van der Waals surface area contributed by atoms with E-state index < -0.39 is 20.2 Å². The van der Waals surface area contributed by atoms with E-state index in [4.69, 9.17) is 0 Å². The number of hydrogen-bond donors (Lipinski definition) is 2. The van der Waals surface area contributed by atoms with Crippen LogP contribution in [0.2, 0.25) is 0 Å². The number of hydrogen-bond acceptors (Lipinski definition) is 6. The molecule has 4 saturated carbocycles. The molecule has 0 aliphatic heterocycles. The summed E-state index contributed by atoms with van der Waals surface area (Å²) in [7, 11) is -8.26. The van der Waals surface area contributed by atoms with E-state index in [0.717, 1.165) is 11.1 Å². The van der Waals surface area contributed by atoms with Crippen LogP contribution in [0, 0.1) is 58.2 Å². The second-order valence-electron chi connectivity index (χ2n) is 13.5. The van der Waals surface area contributed by atoms with Gasteiger partial charge >= 0.3 is 0 Å². The normalized spacial score (nSPS) is 37.3. The molecule has 4 aliphatic carbocycles. The third kappa shape index (κ3) is 4.69. The third-order valence-corrected chi connectivity index (χ3v) is 12.4. The molecule has 10 heteroatoms. The molecule has 8 atom stereocenters. The summed E-state index contributed by atoms with van der Waals surface area (Å²) in [6.07, 6.45) is 2.00. The molecule has 1 aromatic rings. The molecule has 0 radical (unpaired) electrons. The van der Waals surface area contributed by atoms with Gasteiger partial charge in [0.25, 0.3) is 20.2 Å². The van der Waals surface area contributed by atoms with E-state index in [1.165, 1.54) is 0 Å². The van der Waals surface area contributed by atoms with E-state index in [1.807, 2.05) is 52.0 Å². The summed E-state index contributed by atoms with van der Waals surface area (Å²) in [6, 6.07) is 7.82. The van der Waals surface area contributed by atoms with E-state index >= 15 is 0 Å². The summed E-state index contributed by atoms with van der Waals surface area (Å²) in [5, 5.41) is 0. The summed E-state index contributed by atoms with van der Waals surface area (Å²) < 4.78 is 65.3. The standard InChI is InChI=1S/C28H38O8S2/c1-27(2)21-11-17(13-37(31,32)33)23(27)19(25(21)29)9-15-5-7-16(8-6-15)10-20-24-18(14-38(34,35)36)12-22(26(20)30)28(24,3)4/h5-8,17-24H,9-14H2,1-4H3,(H,31,32,33)(H,34,35,36). The van der Waals surface area contributed by atoms with Gasteiger partial charge in [0.05, 0.1) is 11.5 Å². The van der Waals surface area contributed by atoms with Gasteiger partial charge in [0.2, 0.25) is 0 Å². The lowest BCUT2D eigenvalue weighted by Crippen LogP contribution is -2.34. The van der Waals surface area contributed by atoms with Gasteiger partial charge in [-0.25, -0.2) is 0 Å². The van der Waals surface area contributed by atoms with Crippen molar-refractivity contribution < 1.29 is 35.5 Å². The lowest BCUT2D eigenvalue weighted by atomic mass is 9.73. The van der Waals surface area contributed by atoms with Crippen molar-refractivity contribution >= 4 is 31.8 Å². The smallest absolute Gasteiger partial charge is 0.265 e.